The molecule has 2 atom stereocenters. The fraction of sp³-hybridized carbons (Fsp3) is 0.529. The Hall–Kier alpha value is -1.84. The number of carbonyl (C=O) groups is 2. The van der Waals surface area contributed by atoms with E-state index in [1.165, 1.54) is 0 Å². The van der Waals surface area contributed by atoms with Gasteiger partial charge in [0.1, 0.15) is 0 Å². The first-order valence-electron chi connectivity index (χ1n) is 7.42. The van der Waals surface area contributed by atoms with Crippen LogP contribution in [0.4, 0.5) is 0 Å². The van der Waals surface area contributed by atoms with Crippen molar-refractivity contribution in [1.82, 2.24) is 5.32 Å². The van der Waals surface area contributed by atoms with Gasteiger partial charge < -0.3 is 10.4 Å². The van der Waals surface area contributed by atoms with Crippen LogP contribution < -0.4 is 5.32 Å². The molecule has 2 N–H and O–H groups in total. The van der Waals surface area contributed by atoms with Gasteiger partial charge in [0, 0.05) is 11.6 Å². The van der Waals surface area contributed by atoms with Crippen LogP contribution in [0.25, 0.3) is 0 Å². The Labute approximate surface area is 125 Å². The fourth-order valence-electron chi connectivity index (χ4n) is 2.94. The van der Waals surface area contributed by atoms with E-state index in [-0.39, 0.29) is 23.3 Å². The topological polar surface area (TPSA) is 66.4 Å². The van der Waals surface area contributed by atoms with Gasteiger partial charge in [-0.1, -0.05) is 39.0 Å². The maximum atomic E-state index is 12.5. The number of carboxylic acids is 1. The average Bonchev–Trinajstić information content (AvgIpc) is 2.86. The van der Waals surface area contributed by atoms with E-state index in [4.69, 9.17) is 5.11 Å². The van der Waals surface area contributed by atoms with Gasteiger partial charge in [0.05, 0.1) is 5.92 Å². The van der Waals surface area contributed by atoms with Crippen LogP contribution in [0.2, 0.25) is 0 Å². The molecular formula is C17H23NO3. The zero-order valence-electron chi connectivity index (χ0n) is 12.8. The zero-order chi connectivity index (χ0) is 15.6. The summed E-state index contributed by atoms with van der Waals surface area (Å²) in [5.74, 6) is -1.19. The number of benzene rings is 1. The molecule has 0 saturated heterocycles. The number of hydrogen-bond acceptors (Lipinski definition) is 2. The Morgan fingerprint density at radius 3 is 2.43 bits per heavy atom. The first kappa shape index (κ1) is 15.5. The standard InChI is InChI=1S/C17H23NO3/c1-17(2,3)14-7-5-4-6-13(14)15(19)18-12-9-8-11(10-12)16(20)21/h4-7,11-12H,8-10H2,1-3H3,(H,18,19)(H,20,21). The van der Waals surface area contributed by atoms with E-state index in [9.17, 15) is 9.59 Å². The molecule has 21 heavy (non-hydrogen) atoms. The summed E-state index contributed by atoms with van der Waals surface area (Å²) in [5, 5.41) is 12.0. The lowest BCUT2D eigenvalue weighted by atomic mass is 9.83. The molecule has 0 radical (unpaired) electrons. The van der Waals surface area contributed by atoms with Crippen LogP contribution in [0, 0.1) is 5.92 Å². The molecule has 4 heteroatoms. The molecule has 0 bridgehead atoms. The number of carbonyl (C=O) groups excluding carboxylic acids is 1. The number of aliphatic carboxylic acids is 1. The molecule has 1 aromatic carbocycles. The minimum Gasteiger partial charge on any atom is -0.481 e. The Morgan fingerprint density at radius 1 is 1.19 bits per heavy atom. The van der Waals surface area contributed by atoms with Gasteiger partial charge in [0.15, 0.2) is 0 Å². The van der Waals surface area contributed by atoms with Gasteiger partial charge in [-0.25, -0.2) is 0 Å². The molecule has 1 fully saturated rings. The van der Waals surface area contributed by atoms with Gasteiger partial charge in [-0.3, -0.25) is 9.59 Å². The van der Waals surface area contributed by atoms with Gasteiger partial charge in [-0.2, -0.15) is 0 Å². The fourth-order valence-corrected chi connectivity index (χ4v) is 2.94. The molecule has 0 aliphatic heterocycles. The summed E-state index contributed by atoms with van der Waals surface area (Å²) in [4.78, 5) is 23.5. The summed E-state index contributed by atoms with van der Waals surface area (Å²) >= 11 is 0. The lowest BCUT2D eigenvalue weighted by Gasteiger charge is -2.23. The van der Waals surface area contributed by atoms with Crippen LogP contribution in [0.3, 0.4) is 0 Å². The summed E-state index contributed by atoms with van der Waals surface area (Å²) in [7, 11) is 0. The Balaban J connectivity index is 2.10. The summed E-state index contributed by atoms with van der Waals surface area (Å²) < 4.78 is 0. The highest BCUT2D eigenvalue weighted by atomic mass is 16.4. The van der Waals surface area contributed by atoms with Crippen LogP contribution in [-0.2, 0) is 10.2 Å². The van der Waals surface area contributed by atoms with E-state index in [0.717, 1.165) is 12.0 Å². The normalized spacial score (nSPS) is 22.0. The Kier molecular flexibility index (Phi) is 4.35. The third-order valence-electron chi connectivity index (χ3n) is 4.10. The quantitative estimate of drug-likeness (QED) is 0.899. The van der Waals surface area contributed by atoms with Gasteiger partial charge >= 0.3 is 5.97 Å². The van der Waals surface area contributed by atoms with Crippen LogP contribution in [0.15, 0.2) is 24.3 Å². The second-order valence-electron chi connectivity index (χ2n) is 6.81. The number of nitrogens with one attached hydrogen (secondary N) is 1. The van der Waals surface area contributed by atoms with Gasteiger partial charge in [-0.05, 0) is 36.3 Å². The third-order valence-corrected chi connectivity index (χ3v) is 4.10. The highest BCUT2D eigenvalue weighted by Gasteiger charge is 2.31. The van der Waals surface area contributed by atoms with Crippen molar-refractivity contribution in [1.29, 1.82) is 0 Å². The van der Waals surface area contributed by atoms with E-state index in [0.29, 0.717) is 18.4 Å². The van der Waals surface area contributed by atoms with Crippen molar-refractivity contribution in [2.45, 2.75) is 51.5 Å². The first-order valence-corrected chi connectivity index (χ1v) is 7.42. The first-order chi connectivity index (χ1) is 9.79. The predicted octanol–water partition coefficient (Wildman–Crippen LogP) is 2.97. The predicted molar refractivity (Wildman–Crippen MR) is 81.4 cm³/mol. The molecule has 2 unspecified atom stereocenters. The van der Waals surface area contributed by atoms with Crippen molar-refractivity contribution >= 4 is 11.9 Å². The lowest BCUT2D eigenvalue weighted by molar-refractivity contribution is -0.141. The van der Waals surface area contributed by atoms with Gasteiger partial charge in [0.2, 0.25) is 0 Å². The van der Waals surface area contributed by atoms with E-state index in [2.05, 4.69) is 26.1 Å². The highest BCUT2D eigenvalue weighted by molar-refractivity contribution is 5.96. The van der Waals surface area contributed by atoms with Crippen molar-refractivity contribution in [2.24, 2.45) is 5.92 Å². The second kappa shape index (κ2) is 5.88. The molecule has 1 amide bonds. The smallest absolute Gasteiger partial charge is 0.306 e. The highest BCUT2D eigenvalue weighted by Crippen LogP contribution is 2.28. The summed E-state index contributed by atoms with van der Waals surface area (Å²) in [6.45, 7) is 6.24. The zero-order valence-corrected chi connectivity index (χ0v) is 12.8. The molecule has 1 saturated carbocycles. The van der Waals surface area contributed by atoms with E-state index < -0.39 is 5.97 Å². The number of carboxylic acid groups (broad SMARTS) is 1. The van der Waals surface area contributed by atoms with E-state index in [1.54, 1.807) is 0 Å². The number of amides is 1. The molecule has 4 nitrogen and oxygen atoms in total. The molecule has 1 aliphatic rings. The Morgan fingerprint density at radius 2 is 1.86 bits per heavy atom. The second-order valence-corrected chi connectivity index (χ2v) is 6.81. The summed E-state index contributed by atoms with van der Waals surface area (Å²) in [6.07, 6.45) is 1.90. The molecular weight excluding hydrogens is 266 g/mol. The summed E-state index contributed by atoms with van der Waals surface area (Å²) in [5.41, 5.74) is 1.59. The van der Waals surface area contributed by atoms with Crippen molar-refractivity contribution in [3.8, 4) is 0 Å². The van der Waals surface area contributed by atoms with Crippen LogP contribution in [-0.4, -0.2) is 23.0 Å². The van der Waals surface area contributed by atoms with Crippen LogP contribution >= 0.6 is 0 Å². The largest absolute Gasteiger partial charge is 0.481 e. The minimum absolute atomic E-state index is 0.0355. The van der Waals surface area contributed by atoms with Gasteiger partial charge in [0.25, 0.3) is 5.91 Å². The van der Waals surface area contributed by atoms with Crippen molar-refractivity contribution in [3.05, 3.63) is 35.4 Å². The molecule has 1 aliphatic carbocycles. The van der Waals surface area contributed by atoms with Crippen molar-refractivity contribution in [3.63, 3.8) is 0 Å². The molecule has 0 aromatic heterocycles. The van der Waals surface area contributed by atoms with E-state index >= 15 is 0 Å². The van der Waals surface area contributed by atoms with E-state index in [1.807, 2.05) is 24.3 Å². The monoisotopic (exact) mass is 289 g/mol. The van der Waals surface area contributed by atoms with Crippen molar-refractivity contribution < 1.29 is 14.7 Å². The molecule has 0 heterocycles. The number of rotatable bonds is 3. The third kappa shape index (κ3) is 3.63. The molecule has 0 spiro atoms. The maximum absolute atomic E-state index is 12.5. The maximum Gasteiger partial charge on any atom is 0.306 e. The minimum atomic E-state index is -0.762. The molecule has 2 rings (SSSR count). The lowest BCUT2D eigenvalue weighted by Crippen LogP contribution is -2.34. The summed E-state index contributed by atoms with van der Waals surface area (Å²) in [6, 6.07) is 7.57. The van der Waals surface area contributed by atoms with Crippen LogP contribution in [0.1, 0.15) is 56.0 Å². The SMILES string of the molecule is CC(C)(C)c1ccccc1C(=O)NC1CCC(C(=O)O)C1. The van der Waals surface area contributed by atoms with Gasteiger partial charge in [-0.15, -0.1) is 0 Å². The van der Waals surface area contributed by atoms with Crippen LogP contribution in [0.5, 0.6) is 0 Å². The molecule has 1 aromatic rings. The molecule has 114 valence electrons. The number of hydrogen-bond donors (Lipinski definition) is 2. The average molecular weight is 289 g/mol. The Bertz CT molecular complexity index is 545. The van der Waals surface area contributed by atoms with Crippen molar-refractivity contribution in [2.75, 3.05) is 0 Å².